The van der Waals surface area contributed by atoms with Crippen molar-refractivity contribution in [3.8, 4) is 0 Å². The maximum absolute atomic E-state index is 12.1. The molecule has 1 aliphatic carbocycles. The molecular formula is C15H28N2O3. The number of amides is 2. The molecule has 0 heterocycles. The molecule has 1 fully saturated rings. The second-order valence-electron chi connectivity index (χ2n) is 6.97. The van der Waals surface area contributed by atoms with Crippen LogP contribution in [0.4, 0.5) is 4.79 Å². The van der Waals surface area contributed by atoms with Crippen LogP contribution in [0.25, 0.3) is 0 Å². The van der Waals surface area contributed by atoms with Gasteiger partial charge in [-0.05, 0) is 31.1 Å². The molecule has 2 amide bonds. The normalized spacial score (nSPS) is 24.2. The van der Waals surface area contributed by atoms with Crippen LogP contribution in [-0.4, -0.2) is 41.6 Å². The van der Waals surface area contributed by atoms with E-state index in [1.807, 2.05) is 6.92 Å². The maximum Gasteiger partial charge on any atom is 0.317 e. The number of carboxylic acid groups (broad SMARTS) is 1. The Morgan fingerprint density at radius 3 is 2.45 bits per heavy atom. The lowest BCUT2D eigenvalue weighted by atomic mass is 9.87. The van der Waals surface area contributed by atoms with Crippen molar-refractivity contribution in [1.29, 1.82) is 0 Å². The first-order chi connectivity index (χ1) is 9.14. The maximum atomic E-state index is 12.1. The number of urea groups is 1. The van der Waals surface area contributed by atoms with Crippen molar-refractivity contribution in [2.45, 2.75) is 53.0 Å². The average molecular weight is 284 g/mol. The van der Waals surface area contributed by atoms with Gasteiger partial charge in [0.2, 0.25) is 0 Å². The van der Waals surface area contributed by atoms with Gasteiger partial charge < -0.3 is 15.3 Å². The molecule has 3 unspecified atom stereocenters. The number of nitrogens with one attached hydrogen (secondary N) is 1. The Morgan fingerprint density at radius 2 is 1.95 bits per heavy atom. The first-order valence-electron chi connectivity index (χ1n) is 7.38. The third-order valence-corrected chi connectivity index (χ3v) is 4.65. The summed E-state index contributed by atoms with van der Waals surface area (Å²) in [6, 6.07) is -0.00943. The van der Waals surface area contributed by atoms with Crippen LogP contribution in [-0.2, 0) is 4.79 Å². The molecule has 0 aromatic carbocycles. The van der Waals surface area contributed by atoms with Crippen LogP contribution in [0, 0.1) is 17.3 Å². The Bertz CT molecular complexity index is 363. The van der Waals surface area contributed by atoms with E-state index < -0.39 is 5.97 Å². The van der Waals surface area contributed by atoms with Gasteiger partial charge in [-0.15, -0.1) is 0 Å². The predicted molar refractivity (Wildman–Crippen MR) is 78.5 cm³/mol. The van der Waals surface area contributed by atoms with Crippen LogP contribution in [0.5, 0.6) is 0 Å². The van der Waals surface area contributed by atoms with E-state index in [-0.39, 0.29) is 29.3 Å². The van der Waals surface area contributed by atoms with E-state index in [0.717, 1.165) is 19.3 Å². The molecule has 1 rings (SSSR count). The van der Waals surface area contributed by atoms with Gasteiger partial charge in [-0.2, -0.15) is 0 Å². The van der Waals surface area contributed by atoms with Crippen LogP contribution in [0.2, 0.25) is 0 Å². The molecule has 5 heteroatoms. The number of hydrogen-bond acceptors (Lipinski definition) is 2. The largest absolute Gasteiger partial charge is 0.481 e. The molecule has 5 nitrogen and oxygen atoms in total. The van der Waals surface area contributed by atoms with Crippen molar-refractivity contribution in [2.75, 3.05) is 13.6 Å². The standard InChI is InChI=1S/C15H28N2O3/c1-10(15(2,3)4)17(5)14(20)16-9-11-7-6-8-12(11)13(18)19/h10-12H,6-9H2,1-5H3,(H,16,20)(H,18,19). The topological polar surface area (TPSA) is 69.6 Å². The highest BCUT2D eigenvalue weighted by Gasteiger charge is 2.33. The number of hydrogen-bond donors (Lipinski definition) is 2. The zero-order valence-corrected chi connectivity index (χ0v) is 13.3. The smallest absolute Gasteiger partial charge is 0.317 e. The number of aliphatic carboxylic acids is 1. The molecule has 0 spiro atoms. The summed E-state index contributed by atoms with van der Waals surface area (Å²) in [4.78, 5) is 24.9. The first kappa shape index (κ1) is 16.8. The number of carboxylic acids is 1. The molecule has 0 aromatic rings. The molecule has 1 aliphatic rings. The second-order valence-corrected chi connectivity index (χ2v) is 6.97. The molecule has 20 heavy (non-hydrogen) atoms. The molecule has 1 saturated carbocycles. The number of rotatable bonds is 4. The van der Waals surface area contributed by atoms with E-state index in [0.29, 0.717) is 6.54 Å². The van der Waals surface area contributed by atoms with Gasteiger partial charge in [0.1, 0.15) is 0 Å². The van der Waals surface area contributed by atoms with Gasteiger partial charge >= 0.3 is 12.0 Å². The van der Waals surface area contributed by atoms with Crippen LogP contribution in [0.15, 0.2) is 0 Å². The zero-order chi connectivity index (χ0) is 15.5. The quantitative estimate of drug-likeness (QED) is 0.833. The summed E-state index contributed by atoms with van der Waals surface area (Å²) >= 11 is 0. The fourth-order valence-electron chi connectivity index (χ4n) is 2.71. The van der Waals surface area contributed by atoms with Crippen LogP contribution in [0.1, 0.15) is 47.0 Å². The average Bonchev–Trinajstić information content (AvgIpc) is 2.81. The lowest BCUT2D eigenvalue weighted by Crippen LogP contribution is -2.48. The molecule has 0 aliphatic heterocycles. The van der Waals surface area contributed by atoms with Crippen molar-refractivity contribution in [3.05, 3.63) is 0 Å². The molecule has 0 saturated heterocycles. The molecular weight excluding hydrogens is 256 g/mol. The molecule has 0 radical (unpaired) electrons. The predicted octanol–water partition coefficient (Wildman–Crippen LogP) is 2.56. The Morgan fingerprint density at radius 1 is 1.35 bits per heavy atom. The summed E-state index contributed by atoms with van der Waals surface area (Å²) < 4.78 is 0. The zero-order valence-electron chi connectivity index (χ0n) is 13.3. The summed E-state index contributed by atoms with van der Waals surface area (Å²) in [6.45, 7) is 8.77. The lowest BCUT2D eigenvalue weighted by molar-refractivity contribution is -0.142. The number of nitrogens with zero attached hydrogens (tertiary/aromatic N) is 1. The summed E-state index contributed by atoms with van der Waals surface area (Å²) in [6.07, 6.45) is 2.55. The second kappa shape index (κ2) is 6.46. The van der Waals surface area contributed by atoms with Gasteiger partial charge in [-0.3, -0.25) is 4.79 Å². The van der Waals surface area contributed by atoms with Gasteiger partial charge in [-0.25, -0.2) is 4.79 Å². The number of carbonyl (C=O) groups excluding carboxylic acids is 1. The van der Waals surface area contributed by atoms with E-state index in [1.54, 1.807) is 11.9 Å². The van der Waals surface area contributed by atoms with Gasteiger partial charge in [-0.1, -0.05) is 27.2 Å². The highest BCUT2D eigenvalue weighted by molar-refractivity contribution is 5.74. The molecule has 3 atom stereocenters. The summed E-state index contributed by atoms with van der Waals surface area (Å²) in [5, 5.41) is 12.0. The SMILES string of the molecule is CC(N(C)C(=O)NCC1CCCC1C(=O)O)C(C)(C)C. The minimum absolute atomic E-state index is 0.0169. The third kappa shape index (κ3) is 4.12. The van der Waals surface area contributed by atoms with Crippen LogP contribution < -0.4 is 5.32 Å². The Kier molecular flexibility index (Phi) is 5.42. The first-order valence-corrected chi connectivity index (χ1v) is 7.38. The van der Waals surface area contributed by atoms with Crippen molar-refractivity contribution in [2.24, 2.45) is 17.3 Å². The van der Waals surface area contributed by atoms with E-state index in [2.05, 4.69) is 26.1 Å². The molecule has 0 aromatic heterocycles. The van der Waals surface area contributed by atoms with Gasteiger partial charge in [0.05, 0.1) is 5.92 Å². The summed E-state index contributed by atoms with van der Waals surface area (Å²) in [5.74, 6) is -0.978. The Labute approximate surface area is 121 Å². The minimum Gasteiger partial charge on any atom is -0.481 e. The van der Waals surface area contributed by atoms with E-state index in [4.69, 9.17) is 5.11 Å². The summed E-state index contributed by atoms with van der Waals surface area (Å²) in [7, 11) is 1.79. The monoisotopic (exact) mass is 284 g/mol. The van der Waals surface area contributed by atoms with Gasteiger partial charge in [0, 0.05) is 19.6 Å². The lowest BCUT2D eigenvalue weighted by Gasteiger charge is -2.35. The van der Waals surface area contributed by atoms with Crippen LogP contribution in [0.3, 0.4) is 0 Å². The molecule has 116 valence electrons. The minimum atomic E-state index is -0.738. The van der Waals surface area contributed by atoms with Crippen molar-refractivity contribution in [3.63, 3.8) is 0 Å². The van der Waals surface area contributed by atoms with E-state index in [1.165, 1.54) is 0 Å². The Hall–Kier alpha value is -1.26. The molecule has 0 bridgehead atoms. The summed E-state index contributed by atoms with van der Waals surface area (Å²) in [5.41, 5.74) is 0.0169. The van der Waals surface area contributed by atoms with Crippen LogP contribution >= 0.6 is 0 Å². The Balaban J connectivity index is 2.49. The fraction of sp³-hybridized carbons (Fsp3) is 0.867. The number of carbonyl (C=O) groups is 2. The fourth-order valence-corrected chi connectivity index (χ4v) is 2.71. The molecule has 2 N–H and O–H groups in total. The van der Waals surface area contributed by atoms with Gasteiger partial charge in [0.15, 0.2) is 0 Å². The van der Waals surface area contributed by atoms with Crippen molar-refractivity contribution >= 4 is 12.0 Å². The van der Waals surface area contributed by atoms with E-state index in [9.17, 15) is 9.59 Å². The highest BCUT2D eigenvalue weighted by Crippen LogP contribution is 2.31. The third-order valence-electron chi connectivity index (χ3n) is 4.65. The van der Waals surface area contributed by atoms with Crippen molar-refractivity contribution < 1.29 is 14.7 Å². The van der Waals surface area contributed by atoms with Crippen molar-refractivity contribution in [1.82, 2.24) is 10.2 Å². The van der Waals surface area contributed by atoms with E-state index >= 15 is 0 Å². The van der Waals surface area contributed by atoms with Gasteiger partial charge in [0.25, 0.3) is 0 Å². The highest BCUT2D eigenvalue weighted by atomic mass is 16.4.